The van der Waals surface area contributed by atoms with E-state index in [2.05, 4.69) is 20.4 Å². The molecule has 0 radical (unpaired) electrons. The number of amides is 1. The van der Waals surface area contributed by atoms with E-state index in [0.717, 1.165) is 17.1 Å². The van der Waals surface area contributed by atoms with Crippen molar-refractivity contribution in [3.8, 4) is 22.9 Å². The topological polar surface area (TPSA) is 89.7 Å². The van der Waals surface area contributed by atoms with E-state index >= 15 is 0 Å². The number of hydrogen-bond donors (Lipinski definition) is 1. The highest BCUT2D eigenvalue weighted by Crippen LogP contribution is 2.31. The standard InChI is InChI=1S/C22H24N4O4/c1-26-13-16(23-21(27)15-6-10-18(29-3)11-7-15)12-19(26)22-24-20(25-30-22)14-4-8-17(28-2)9-5-14/h4-11,16,19H,12-13H2,1-3H3,(H,23,27)/t16-,19-/m0/s1. The van der Waals surface area contributed by atoms with Gasteiger partial charge in [-0.25, -0.2) is 0 Å². The highest BCUT2D eigenvalue weighted by molar-refractivity contribution is 5.94. The van der Waals surface area contributed by atoms with Crippen molar-refractivity contribution in [2.45, 2.75) is 18.5 Å². The Hall–Kier alpha value is -3.39. The first kappa shape index (κ1) is 19.9. The van der Waals surface area contributed by atoms with Crippen molar-refractivity contribution in [1.29, 1.82) is 0 Å². The van der Waals surface area contributed by atoms with Crippen LogP contribution in [0.2, 0.25) is 0 Å². The Balaban J connectivity index is 1.41. The van der Waals surface area contributed by atoms with Gasteiger partial charge in [0.2, 0.25) is 11.7 Å². The zero-order valence-corrected chi connectivity index (χ0v) is 17.2. The number of aromatic nitrogens is 2. The second-order valence-electron chi connectivity index (χ2n) is 7.27. The summed E-state index contributed by atoms with van der Waals surface area (Å²) in [6.45, 7) is 0.701. The Bertz CT molecular complexity index is 1000. The summed E-state index contributed by atoms with van der Waals surface area (Å²) in [4.78, 5) is 19.2. The number of ether oxygens (including phenoxy) is 2. The van der Waals surface area contributed by atoms with Crippen molar-refractivity contribution in [2.24, 2.45) is 0 Å². The number of hydrogen-bond acceptors (Lipinski definition) is 7. The summed E-state index contributed by atoms with van der Waals surface area (Å²) >= 11 is 0. The van der Waals surface area contributed by atoms with Gasteiger partial charge in [0.15, 0.2) is 0 Å². The van der Waals surface area contributed by atoms with Crippen molar-refractivity contribution in [2.75, 3.05) is 27.8 Å². The molecule has 2 aromatic carbocycles. The lowest BCUT2D eigenvalue weighted by molar-refractivity contribution is 0.0938. The molecule has 1 saturated heterocycles. The molecule has 156 valence electrons. The summed E-state index contributed by atoms with van der Waals surface area (Å²) in [6.07, 6.45) is 0.697. The fourth-order valence-electron chi connectivity index (χ4n) is 3.63. The molecule has 8 nitrogen and oxygen atoms in total. The van der Waals surface area contributed by atoms with E-state index in [4.69, 9.17) is 14.0 Å². The quantitative estimate of drug-likeness (QED) is 0.671. The van der Waals surface area contributed by atoms with E-state index in [1.807, 2.05) is 31.3 Å². The van der Waals surface area contributed by atoms with Gasteiger partial charge in [0.1, 0.15) is 11.5 Å². The summed E-state index contributed by atoms with van der Waals surface area (Å²) in [5, 5.41) is 7.21. The Morgan fingerprint density at radius 2 is 1.70 bits per heavy atom. The Labute approximate surface area is 174 Å². The lowest BCUT2D eigenvalue weighted by atomic mass is 10.1. The Kier molecular flexibility index (Phi) is 5.67. The number of likely N-dealkylation sites (tertiary alicyclic amines) is 1. The van der Waals surface area contributed by atoms with Crippen molar-refractivity contribution >= 4 is 5.91 Å². The molecule has 2 heterocycles. The molecule has 1 aromatic heterocycles. The van der Waals surface area contributed by atoms with Gasteiger partial charge in [-0.3, -0.25) is 9.69 Å². The van der Waals surface area contributed by atoms with Crippen LogP contribution in [-0.2, 0) is 0 Å². The van der Waals surface area contributed by atoms with Crippen LogP contribution in [0.1, 0.15) is 28.7 Å². The van der Waals surface area contributed by atoms with Gasteiger partial charge in [0, 0.05) is 23.7 Å². The lowest BCUT2D eigenvalue weighted by Crippen LogP contribution is -2.36. The first-order chi connectivity index (χ1) is 14.6. The summed E-state index contributed by atoms with van der Waals surface area (Å²) in [5.41, 5.74) is 1.46. The van der Waals surface area contributed by atoms with Gasteiger partial charge in [0.05, 0.1) is 20.3 Å². The molecule has 3 aromatic rings. The fourth-order valence-corrected chi connectivity index (χ4v) is 3.63. The fraction of sp³-hybridized carbons (Fsp3) is 0.318. The molecule has 1 amide bonds. The van der Waals surface area contributed by atoms with Crippen LogP contribution in [0, 0.1) is 0 Å². The van der Waals surface area contributed by atoms with Gasteiger partial charge >= 0.3 is 0 Å². The van der Waals surface area contributed by atoms with E-state index in [0.29, 0.717) is 30.2 Å². The van der Waals surface area contributed by atoms with E-state index in [9.17, 15) is 4.79 Å². The molecular formula is C22H24N4O4. The number of nitrogens with zero attached hydrogens (tertiary/aromatic N) is 3. The maximum Gasteiger partial charge on any atom is 0.251 e. The van der Waals surface area contributed by atoms with Crippen molar-refractivity contribution in [3.05, 3.63) is 60.0 Å². The Morgan fingerprint density at radius 3 is 2.33 bits per heavy atom. The number of nitrogens with one attached hydrogen (secondary N) is 1. The third kappa shape index (κ3) is 4.13. The maximum absolute atomic E-state index is 12.6. The van der Waals surface area contributed by atoms with Gasteiger partial charge in [-0.15, -0.1) is 0 Å². The van der Waals surface area contributed by atoms with Crippen LogP contribution in [-0.4, -0.2) is 54.8 Å². The van der Waals surface area contributed by atoms with E-state index in [1.165, 1.54) is 0 Å². The van der Waals surface area contributed by atoms with Crippen LogP contribution < -0.4 is 14.8 Å². The molecule has 30 heavy (non-hydrogen) atoms. The first-order valence-electron chi connectivity index (χ1n) is 9.70. The van der Waals surface area contributed by atoms with Crippen molar-refractivity contribution in [1.82, 2.24) is 20.4 Å². The number of rotatable bonds is 6. The minimum atomic E-state index is -0.110. The molecule has 1 N–H and O–H groups in total. The average Bonchev–Trinajstić information content (AvgIpc) is 3.40. The summed E-state index contributed by atoms with van der Waals surface area (Å²) in [7, 11) is 5.21. The molecule has 1 aliphatic heterocycles. The van der Waals surface area contributed by atoms with Crippen LogP contribution in [0.15, 0.2) is 53.1 Å². The lowest BCUT2D eigenvalue weighted by Gasteiger charge is -2.14. The molecule has 0 unspecified atom stereocenters. The predicted molar refractivity (Wildman–Crippen MR) is 111 cm³/mol. The summed E-state index contributed by atoms with van der Waals surface area (Å²) in [5.74, 6) is 2.46. The van der Waals surface area contributed by atoms with Crippen LogP contribution in [0.4, 0.5) is 0 Å². The molecular weight excluding hydrogens is 384 g/mol. The number of benzene rings is 2. The third-order valence-corrected chi connectivity index (χ3v) is 5.31. The Morgan fingerprint density at radius 1 is 1.07 bits per heavy atom. The van der Waals surface area contributed by atoms with Gasteiger partial charge in [0.25, 0.3) is 5.91 Å². The normalized spacial score (nSPS) is 18.9. The van der Waals surface area contributed by atoms with Crippen LogP contribution in [0.25, 0.3) is 11.4 Å². The SMILES string of the molecule is COc1ccc(C(=O)N[C@H]2C[C@@H](c3nc(-c4ccc(OC)cc4)no3)N(C)C2)cc1. The third-order valence-electron chi connectivity index (χ3n) is 5.31. The minimum absolute atomic E-state index is 0.00839. The number of methoxy groups -OCH3 is 2. The average molecular weight is 408 g/mol. The number of likely N-dealkylation sites (N-methyl/N-ethyl adjacent to an activating group) is 1. The van der Waals surface area contributed by atoms with Crippen molar-refractivity contribution in [3.63, 3.8) is 0 Å². The van der Waals surface area contributed by atoms with Crippen LogP contribution in [0.5, 0.6) is 11.5 Å². The van der Waals surface area contributed by atoms with Crippen molar-refractivity contribution < 1.29 is 18.8 Å². The maximum atomic E-state index is 12.6. The van der Waals surface area contributed by atoms with Crippen LogP contribution in [0.3, 0.4) is 0 Å². The number of carbonyl (C=O) groups excluding carboxylic acids is 1. The monoisotopic (exact) mass is 408 g/mol. The highest BCUT2D eigenvalue weighted by Gasteiger charge is 2.35. The second-order valence-corrected chi connectivity index (χ2v) is 7.27. The molecule has 4 rings (SSSR count). The molecule has 1 fully saturated rings. The number of carbonyl (C=O) groups is 1. The van der Waals surface area contributed by atoms with Gasteiger partial charge in [-0.2, -0.15) is 4.98 Å². The molecule has 0 aliphatic carbocycles. The molecule has 1 aliphatic rings. The molecule has 0 spiro atoms. The molecule has 8 heteroatoms. The minimum Gasteiger partial charge on any atom is -0.497 e. The van der Waals surface area contributed by atoms with Gasteiger partial charge < -0.3 is 19.3 Å². The zero-order valence-electron chi connectivity index (χ0n) is 17.2. The smallest absolute Gasteiger partial charge is 0.251 e. The first-order valence-corrected chi connectivity index (χ1v) is 9.70. The van der Waals surface area contributed by atoms with E-state index in [-0.39, 0.29) is 18.0 Å². The zero-order chi connectivity index (χ0) is 21.1. The molecule has 0 bridgehead atoms. The van der Waals surface area contributed by atoms with Gasteiger partial charge in [-0.1, -0.05) is 5.16 Å². The predicted octanol–water partition coefficient (Wildman–Crippen LogP) is 2.93. The highest BCUT2D eigenvalue weighted by atomic mass is 16.5. The van der Waals surface area contributed by atoms with Crippen LogP contribution >= 0.6 is 0 Å². The molecule has 2 atom stereocenters. The summed E-state index contributed by atoms with van der Waals surface area (Å²) < 4.78 is 15.9. The van der Waals surface area contributed by atoms with Gasteiger partial charge in [-0.05, 0) is 62.0 Å². The van der Waals surface area contributed by atoms with E-state index in [1.54, 1.807) is 38.5 Å². The summed E-state index contributed by atoms with van der Waals surface area (Å²) in [6, 6.07) is 14.5. The molecule has 0 saturated carbocycles. The second kappa shape index (κ2) is 8.54. The van der Waals surface area contributed by atoms with E-state index < -0.39 is 0 Å². The largest absolute Gasteiger partial charge is 0.497 e.